The third-order valence-electron chi connectivity index (χ3n) is 6.96. The van der Waals surface area contributed by atoms with Gasteiger partial charge in [0.15, 0.2) is 0 Å². The number of carbonyl (C=O) groups excluding carboxylic acids is 5. The quantitative estimate of drug-likeness (QED) is 0.231. The molecule has 1 aliphatic carbocycles. The van der Waals surface area contributed by atoms with Gasteiger partial charge in [0.1, 0.15) is 36.4 Å². The third kappa shape index (κ3) is 8.66. The average Bonchev–Trinajstić information content (AvgIpc) is 3.06. The lowest BCUT2D eigenvalue weighted by atomic mass is 9.77. The van der Waals surface area contributed by atoms with Crippen molar-refractivity contribution >= 4 is 29.8 Å². The molecule has 1 fully saturated rings. The lowest BCUT2D eigenvalue weighted by Crippen LogP contribution is -2.59. The fourth-order valence-corrected chi connectivity index (χ4v) is 5.04. The fraction of sp³-hybridized carbons (Fsp3) is 0.759. The average molecular weight is 601 g/mol. The van der Waals surface area contributed by atoms with Crippen LogP contribution in [0.2, 0.25) is 0 Å². The zero-order valence-electron chi connectivity index (χ0n) is 25.5. The molecule has 0 amide bonds. The summed E-state index contributed by atoms with van der Waals surface area (Å²) in [6, 6.07) is 0. The normalized spacial score (nSPS) is 27.5. The van der Waals surface area contributed by atoms with Crippen molar-refractivity contribution < 1.29 is 62.6 Å². The van der Waals surface area contributed by atoms with Crippen LogP contribution in [0.1, 0.15) is 74.7 Å². The molecule has 0 aromatic carbocycles. The van der Waals surface area contributed by atoms with Crippen LogP contribution in [-0.4, -0.2) is 83.0 Å². The Bertz CT molecular complexity index is 1050. The molecule has 0 spiro atoms. The molecular weight excluding hydrogens is 556 g/mol. The Labute approximate surface area is 245 Å². The number of fused-ring (bicyclic) bond motifs is 1. The SMILES string of the molecule is CC(=O)OC[C@@]1(O)[C@@H](OC(C)=O)C[C@]2(O)C(COC(=O)C(OC(=O)CC(C)C)C(C)C)=CO[C@@H](OC(=O)CC(C)C)[C@H]12. The van der Waals surface area contributed by atoms with Crippen molar-refractivity contribution in [2.45, 2.75) is 104 Å². The van der Waals surface area contributed by atoms with Crippen LogP contribution in [0.15, 0.2) is 11.8 Å². The smallest absolute Gasteiger partial charge is 0.348 e. The highest BCUT2D eigenvalue weighted by atomic mass is 16.7. The monoisotopic (exact) mass is 600 g/mol. The molecule has 2 aliphatic rings. The van der Waals surface area contributed by atoms with Gasteiger partial charge in [-0.05, 0) is 11.8 Å². The second-order valence-electron chi connectivity index (χ2n) is 12.1. The first kappa shape index (κ1) is 35.0. The first-order chi connectivity index (χ1) is 19.4. The van der Waals surface area contributed by atoms with Crippen molar-refractivity contribution in [3.05, 3.63) is 11.8 Å². The summed E-state index contributed by atoms with van der Waals surface area (Å²) in [5.74, 6) is -5.72. The Hall–Kier alpha value is -3.19. The molecule has 2 rings (SSSR count). The summed E-state index contributed by atoms with van der Waals surface area (Å²) in [4.78, 5) is 61.4. The largest absolute Gasteiger partial charge is 0.463 e. The van der Waals surface area contributed by atoms with Crippen LogP contribution in [0.3, 0.4) is 0 Å². The van der Waals surface area contributed by atoms with Gasteiger partial charge in [0.2, 0.25) is 6.10 Å². The molecule has 0 radical (unpaired) electrons. The lowest BCUT2D eigenvalue weighted by Gasteiger charge is -2.43. The molecule has 1 saturated carbocycles. The topological polar surface area (TPSA) is 181 Å². The summed E-state index contributed by atoms with van der Waals surface area (Å²) >= 11 is 0. The first-order valence-electron chi connectivity index (χ1n) is 14.1. The van der Waals surface area contributed by atoms with Crippen molar-refractivity contribution in [3.63, 3.8) is 0 Å². The number of aliphatic hydroxyl groups is 2. The van der Waals surface area contributed by atoms with Gasteiger partial charge in [0.05, 0.1) is 6.26 Å². The Morgan fingerprint density at radius 3 is 2.02 bits per heavy atom. The van der Waals surface area contributed by atoms with Crippen LogP contribution in [0, 0.1) is 23.7 Å². The van der Waals surface area contributed by atoms with Gasteiger partial charge < -0.3 is 38.6 Å². The summed E-state index contributed by atoms with van der Waals surface area (Å²) in [6.45, 7) is 11.5. The van der Waals surface area contributed by atoms with Crippen molar-refractivity contribution in [2.24, 2.45) is 23.7 Å². The van der Waals surface area contributed by atoms with E-state index >= 15 is 0 Å². The van der Waals surface area contributed by atoms with Gasteiger partial charge >= 0.3 is 29.8 Å². The molecule has 0 aromatic rings. The predicted octanol–water partition coefficient (Wildman–Crippen LogP) is 1.95. The number of ether oxygens (including phenoxy) is 6. The number of hydrogen-bond donors (Lipinski definition) is 2. The predicted molar refractivity (Wildman–Crippen MR) is 144 cm³/mol. The molecule has 0 saturated heterocycles. The van der Waals surface area contributed by atoms with Gasteiger partial charge in [0.25, 0.3) is 6.29 Å². The van der Waals surface area contributed by atoms with E-state index in [4.69, 9.17) is 28.4 Å². The highest BCUT2D eigenvalue weighted by Crippen LogP contribution is 2.53. The highest BCUT2D eigenvalue weighted by molar-refractivity contribution is 5.80. The van der Waals surface area contributed by atoms with Crippen LogP contribution in [-0.2, 0) is 52.4 Å². The summed E-state index contributed by atoms with van der Waals surface area (Å²) in [6.07, 6.45) is -3.52. The van der Waals surface area contributed by atoms with Crippen molar-refractivity contribution in [1.29, 1.82) is 0 Å². The maximum atomic E-state index is 13.0. The van der Waals surface area contributed by atoms with E-state index in [1.54, 1.807) is 27.7 Å². The molecular formula is C29H44O13. The molecule has 2 N–H and O–H groups in total. The van der Waals surface area contributed by atoms with E-state index < -0.39 is 91.0 Å². The van der Waals surface area contributed by atoms with E-state index in [0.29, 0.717) is 0 Å². The van der Waals surface area contributed by atoms with Gasteiger partial charge in [-0.15, -0.1) is 0 Å². The maximum Gasteiger partial charge on any atom is 0.348 e. The van der Waals surface area contributed by atoms with Gasteiger partial charge in [-0.25, -0.2) is 4.79 Å². The van der Waals surface area contributed by atoms with Gasteiger partial charge in [0, 0.05) is 44.6 Å². The van der Waals surface area contributed by atoms with Gasteiger partial charge in [-0.2, -0.15) is 0 Å². The highest BCUT2D eigenvalue weighted by Gasteiger charge is 2.70. The number of esters is 5. The first-order valence-corrected chi connectivity index (χ1v) is 14.1. The van der Waals surface area contributed by atoms with Gasteiger partial charge in [-0.3, -0.25) is 19.2 Å². The van der Waals surface area contributed by atoms with E-state index in [0.717, 1.165) is 20.1 Å². The van der Waals surface area contributed by atoms with Crippen LogP contribution in [0.25, 0.3) is 0 Å². The van der Waals surface area contributed by atoms with Crippen LogP contribution in [0.4, 0.5) is 0 Å². The summed E-state index contributed by atoms with van der Waals surface area (Å²) in [7, 11) is 0. The van der Waals surface area contributed by atoms with Crippen molar-refractivity contribution in [1.82, 2.24) is 0 Å². The Morgan fingerprint density at radius 2 is 1.50 bits per heavy atom. The van der Waals surface area contributed by atoms with E-state index in [9.17, 15) is 34.2 Å². The second kappa shape index (κ2) is 14.3. The van der Waals surface area contributed by atoms with E-state index in [-0.39, 0.29) is 30.3 Å². The van der Waals surface area contributed by atoms with Crippen molar-refractivity contribution in [3.8, 4) is 0 Å². The Morgan fingerprint density at radius 1 is 0.905 bits per heavy atom. The second-order valence-corrected chi connectivity index (χ2v) is 12.1. The summed E-state index contributed by atoms with van der Waals surface area (Å²) in [5, 5.41) is 23.8. The minimum atomic E-state index is -2.27. The molecule has 42 heavy (non-hydrogen) atoms. The van der Waals surface area contributed by atoms with E-state index in [1.165, 1.54) is 0 Å². The summed E-state index contributed by atoms with van der Waals surface area (Å²) in [5.41, 5.74) is -4.44. The summed E-state index contributed by atoms with van der Waals surface area (Å²) < 4.78 is 32.3. The molecule has 6 atom stereocenters. The van der Waals surface area contributed by atoms with Crippen molar-refractivity contribution in [2.75, 3.05) is 13.2 Å². The number of rotatable bonds is 13. The van der Waals surface area contributed by atoms with E-state index in [2.05, 4.69) is 0 Å². The van der Waals surface area contributed by atoms with Crippen LogP contribution < -0.4 is 0 Å². The molecule has 1 unspecified atom stereocenters. The third-order valence-corrected chi connectivity index (χ3v) is 6.96. The molecule has 13 nitrogen and oxygen atoms in total. The molecule has 238 valence electrons. The van der Waals surface area contributed by atoms with Gasteiger partial charge in [-0.1, -0.05) is 41.5 Å². The molecule has 13 heteroatoms. The molecule has 1 heterocycles. The molecule has 1 aliphatic heterocycles. The van der Waals surface area contributed by atoms with Crippen LogP contribution in [0.5, 0.6) is 0 Å². The minimum Gasteiger partial charge on any atom is -0.463 e. The maximum absolute atomic E-state index is 13.0. The molecule has 0 aromatic heterocycles. The fourth-order valence-electron chi connectivity index (χ4n) is 5.04. The zero-order chi connectivity index (χ0) is 32.0. The standard InChI is InChI=1S/C29H44O13/c1-15(2)9-22(32)41-24(17(5)6)26(34)37-12-20-13-38-27(42-23(33)10-16(3)4)25-28(20,35)11-21(40-19(8)31)29(25,36)14-39-18(7)30/h13,15-17,21,24-25,27,35-36H,9-12,14H2,1-8H3/t21-,24?,25-,27-,28-,29+/m0/s1. The number of carbonyl (C=O) groups is 5. The zero-order valence-corrected chi connectivity index (χ0v) is 25.5. The molecule has 0 bridgehead atoms. The van der Waals surface area contributed by atoms with Crippen LogP contribution >= 0.6 is 0 Å². The Kier molecular flexibility index (Phi) is 11.9. The Balaban J connectivity index is 2.42. The minimum absolute atomic E-state index is 0.00105. The van der Waals surface area contributed by atoms with E-state index in [1.807, 2.05) is 13.8 Å². The number of hydrogen-bond acceptors (Lipinski definition) is 13. The lowest BCUT2D eigenvalue weighted by molar-refractivity contribution is -0.241.